The number of piperidine rings is 1. The van der Waals surface area contributed by atoms with E-state index in [4.69, 9.17) is 18.9 Å². The van der Waals surface area contributed by atoms with Crippen LogP contribution in [0.15, 0.2) is 18.2 Å². The van der Waals surface area contributed by atoms with Crippen LogP contribution in [0.3, 0.4) is 0 Å². The van der Waals surface area contributed by atoms with Crippen molar-refractivity contribution in [3.63, 3.8) is 0 Å². The third kappa shape index (κ3) is 2.42. The van der Waals surface area contributed by atoms with Gasteiger partial charge in [-0.3, -0.25) is 4.79 Å². The molecule has 0 bridgehead atoms. The lowest BCUT2D eigenvalue weighted by Crippen LogP contribution is -2.47. The highest BCUT2D eigenvalue weighted by molar-refractivity contribution is 5.95. The first-order valence-corrected chi connectivity index (χ1v) is 7.73. The highest BCUT2D eigenvalue weighted by Gasteiger charge is 2.40. The number of carbonyl (C=O) groups is 1. The molecule has 3 aliphatic rings. The molecule has 118 valence electrons. The summed E-state index contributed by atoms with van der Waals surface area (Å²) in [5.74, 6) is 0.912. The second-order valence-electron chi connectivity index (χ2n) is 5.76. The van der Waals surface area contributed by atoms with Gasteiger partial charge in [-0.1, -0.05) is 0 Å². The Bertz CT molecular complexity index is 572. The maximum atomic E-state index is 12.6. The van der Waals surface area contributed by atoms with Crippen LogP contribution < -0.4 is 9.47 Å². The number of likely N-dealkylation sites (tertiary alicyclic amines) is 1. The highest BCUT2D eigenvalue weighted by Crippen LogP contribution is 2.34. The lowest BCUT2D eigenvalue weighted by Gasteiger charge is -2.37. The van der Waals surface area contributed by atoms with E-state index < -0.39 is 5.79 Å². The number of rotatable bonds is 1. The topological polar surface area (TPSA) is 57.2 Å². The predicted molar refractivity (Wildman–Crippen MR) is 77.2 cm³/mol. The standard InChI is InChI=1S/C16H19NO5/c18-15(12-1-2-13-14(11-12)20-8-7-19-13)17-5-3-16(4-6-17)21-9-10-22-16/h1-2,11H,3-10H2. The quantitative estimate of drug-likeness (QED) is 0.786. The summed E-state index contributed by atoms with van der Waals surface area (Å²) in [6, 6.07) is 5.36. The Labute approximate surface area is 128 Å². The first-order chi connectivity index (χ1) is 10.8. The van der Waals surface area contributed by atoms with Gasteiger partial charge in [0.15, 0.2) is 17.3 Å². The molecule has 4 rings (SSSR count). The fourth-order valence-corrected chi connectivity index (χ4v) is 3.20. The number of amides is 1. The van der Waals surface area contributed by atoms with Crippen molar-refractivity contribution < 1.29 is 23.7 Å². The van der Waals surface area contributed by atoms with Crippen LogP contribution in [0, 0.1) is 0 Å². The Morgan fingerprint density at radius 3 is 2.36 bits per heavy atom. The van der Waals surface area contributed by atoms with Gasteiger partial charge in [-0.05, 0) is 18.2 Å². The number of benzene rings is 1. The molecule has 3 aliphatic heterocycles. The minimum Gasteiger partial charge on any atom is -0.486 e. The van der Waals surface area contributed by atoms with Gasteiger partial charge < -0.3 is 23.8 Å². The van der Waals surface area contributed by atoms with Crippen molar-refractivity contribution in [3.05, 3.63) is 23.8 Å². The molecule has 0 saturated carbocycles. The molecule has 6 heteroatoms. The zero-order valence-electron chi connectivity index (χ0n) is 12.4. The molecule has 0 unspecified atom stereocenters. The predicted octanol–water partition coefficient (Wildman–Crippen LogP) is 1.44. The van der Waals surface area contributed by atoms with Crippen LogP contribution in [-0.4, -0.2) is 56.1 Å². The van der Waals surface area contributed by atoms with Gasteiger partial charge in [0.05, 0.1) is 13.2 Å². The van der Waals surface area contributed by atoms with Gasteiger partial charge >= 0.3 is 0 Å². The van der Waals surface area contributed by atoms with E-state index in [1.807, 2.05) is 4.90 Å². The minimum absolute atomic E-state index is 0.0184. The van der Waals surface area contributed by atoms with Crippen LogP contribution in [0.5, 0.6) is 11.5 Å². The number of fused-ring (bicyclic) bond motifs is 1. The summed E-state index contributed by atoms with van der Waals surface area (Å²) in [5, 5.41) is 0. The van der Waals surface area contributed by atoms with E-state index in [0.717, 1.165) is 12.8 Å². The Morgan fingerprint density at radius 1 is 0.955 bits per heavy atom. The third-order valence-corrected chi connectivity index (χ3v) is 4.42. The molecular weight excluding hydrogens is 286 g/mol. The molecule has 1 amide bonds. The van der Waals surface area contributed by atoms with Gasteiger partial charge in [-0.25, -0.2) is 0 Å². The number of carbonyl (C=O) groups excluding carboxylic acids is 1. The Morgan fingerprint density at radius 2 is 1.64 bits per heavy atom. The van der Waals surface area contributed by atoms with Crippen LogP contribution in [0.1, 0.15) is 23.2 Å². The zero-order chi connectivity index (χ0) is 15.0. The van der Waals surface area contributed by atoms with Crippen molar-refractivity contribution in [3.8, 4) is 11.5 Å². The lowest BCUT2D eigenvalue weighted by atomic mass is 10.0. The summed E-state index contributed by atoms with van der Waals surface area (Å²) < 4.78 is 22.4. The molecule has 0 aliphatic carbocycles. The maximum Gasteiger partial charge on any atom is 0.253 e. The van der Waals surface area contributed by atoms with Crippen LogP contribution >= 0.6 is 0 Å². The summed E-state index contributed by atoms with van der Waals surface area (Å²) in [6.45, 7) is 3.66. The van der Waals surface area contributed by atoms with E-state index in [2.05, 4.69) is 0 Å². The first-order valence-electron chi connectivity index (χ1n) is 7.73. The molecule has 2 saturated heterocycles. The molecule has 3 heterocycles. The molecule has 0 aromatic heterocycles. The molecule has 6 nitrogen and oxygen atoms in total. The van der Waals surface area contributed by atoms with Crippen molar-refractivity contribution in [2.75, 3.05) is 39.5 Å². The lowest BCUT2D eigenvalue weighted by molar-refractivity contribution is -0.181. The second-order valence-corrected chi connectivity index (χ2v) is 5.76. The molecule has 1 aromatic carbocycles. The van der Waals surface area contributed by atoms with Crippen molar-refractivity contribution in [1.82, 2.24) is 4.90 Å². The fraction of sp³-hybridized carbons (Fsp3) is 0.562. The Balaban J connectivity index is 1.46. The van der Waals surface area contributed by atoms with E-state index >= 15 is 0 Å². The van der Waals surface area contributed by atoms with E-state index in [1.54, 1.807) is 18.2 Å². The van der Waals surface area contributed by atoms with Crippen molar-refractivity contribution >= 4 is 5.91 Å². The van der Waals surface area contributed by atoms with Crippen molar-refractivity contribution in [1.29, 1.82) is 0 Å². The van der Waals surface area contributed by atoms with Crippen LogP contribution in [0.25, 0.3) is 0 Å². The molecule has 1 aromatic rings. The molecule has 22 heavy (non-hydrogen) atoms. The summed E-state index contributed by atoms with van der Waals surface area (Å²) in [5.41, 5.74) is 0.633. The van der Waals surface area contributed by atoms with Crippen LogP contribution in [0.2, 0.25) is 0 Å². The van der Waals surface area contributed by atoms with E-state index in [9.17, 15) is 4.79 Å². The summed E-state index contributed by atoms with van der Waals surface area (Å²) in [6.07, 6.45) is 1.45. The van der Waals surface area contributed by atoms with Crippen LogP contribution in [-0.2, 0) is 9.47 Å². The minimum atomic E-state index is -0.455. The van der Waals surface area contributed by atoms with Gasteiger partial charge in [0.2, 0.25) is 0 Å². The molecule has 1 spiro atoms. The van der Waals surface area contributed by atoms with E-state index in [-0.39, 0.29) is 5.91 Å². The van der Waals surface area contributed by atoms with Gasteiger partial charge in [0.1, 0.15) is 13.2 Å². The largest absolute Gasteiger partial charge is 0.486 e. The average molecular weight is 305 g/mol. The van der Waals surface area contributed by atoms with Gasteiger partial charge in [-0.15, -0.1) is 0 Å². The number of ether oxygens (including phenoxy) is 4. The SMILES string of the molecule is O=C(c1ccc2c(c1)OCCO2)N1CCC2(CC1)OCCO2. The molecule has 0 radical (unpaired) electrons. The molecule has 0 atom stereocenters. The molecule has 0 N–H and O–H groups in total. The molecule has 2 fully saturated rings. The summed E-state index contributed by atoms with van der Waals surface area (Å²) in [4.78, 5) is 14.5. The van der Waals surface area contributed by atoms with Gasteiger partial charge in [-0.2, -0.15) is 0 Å². The Hall–Kier alpha value is -1.79. The number of nitrogens with zero attached hydrogens (tertiary/aromatic N) is 1. The fourth-order valence-electron chi connectivity index (χ4n) is 3.20. The smallest absolute Gasteiger partial charge is 0.253 e. The normalized spacial score (nSPS) is 22.8. The van der Waals surface area contributed by atoms with Crippen molar-refractivity contribution in [2.24, 2.45) is 0 Å². The van der Waals surface area contributed by atoms with E-state index in [0.29, 0.717) is 56.6 Å². The monoisotopic (exact) mass is 305 g/mol. The van der Waals surface area contributed by atoms with Crippen LogP contribution in [0.4, 0.5) is 0 Å². The number of hydrogen-bond acceptors (Lipinski definition) is 5. The van der Waals surface area contributed by atoms with E-state index in [1.165, 1.54) is 0 Å². The molecular formula is C16H19NO5. The first kappa shape index (κ1) is 13.8. The third-order valence-electron chi connectivity index (χ3n) is 4.42. The van der Waals surface area contributed by atoms with Gasteiger partial charge in [0.25, 0.3) is 5.91 Å². The Kier molecular flexibility index (Phi) is 3.43. The summed E-state index contributed by atoms with van der Waals surface area (Å²) in [7, 11) is 0. The van der Waals surface area contributed by atoms with Gasteiger partial charge in [0, 0.05) is 31.5 Å². The second kappa shape index (κ2) is 5.44. The zero-order valence-corrected chi connectivity index (χ0v) is 12.4. The maximum absolute atomic E-state index is 12.6. The number of hydrogen-bond donors (Lipinski definition) is 0. The average Bonchev–Trinajstić information content (AvgIpc) is 3.02. The highest BCUT2D eigenvalue weighted by atomic mass is 16.7. The van der Waals surface area contributed by atoms with Crippen molar-refractivity contribution in [2.45, 2.75) is 18.6 Å². The summed E-state index contributed by atoms with van der Waals surface area (Å²) >= 11 is 0.